The molecular formula is C25H21N3O2. The van der Waals surface area contributed by atoms with Gasteiger partial charge in [-0.25, -0.2) is 4.68 Å². The second kappa shape index (κ2) is 7.52. The standard InChI is InChI=1S/C25H21N3O2/c1-3-30-18-13-14-21-19(15-18)25-20(16-26-21)24(17-9-5-4-6-10-17)27-28(25)22-11-7-8-12-23(22)29-2/h4-16H,3H2,1-2H3. The third-order valence-corrected chi connectivity index (χ3v) is 5.15. The first kappa shape index (κ1) is 18.2. The van der Waals surface area contributed by atoms with Crippen LogP contribution in [-0.4, -0.2) is 28.5 Å². The van der Waals surface area contributed by atoms with E-state index in [4.69, 9.17) is 19.6 Å². The molecule has 2 aromatic heterocycles. The molecule has 5 rings (SSSR count). The molecule has 0 aliphatic carbocycles. The molecule has 3 aromatic carbocycles. The van der Waals surface area contributed by atoms with E-state index in [1.807, 2.05) is 78.5 Å². The normalized spacial score (nSPS) is 11.1. The maximum Gasteiger partial charge on any atom is 0.144 e. The molecular weight excluding hydrogens is 374 g/mol. The number of ether oxygens (including phenoxy) is 2. The number of hydrogen-bond donors (Lipinski definition) is 0. The summed E-state index contributed by atoms with van der Waals surface area (Å²) in [5.41, 5.74) is 4.67. The number of para-hydroxylation sites is 2. The lowest BCUT2D eigenvalue weighted by molar-refractivity contribution is 0.341. The van der Waals surface area contributed by atoms with E-state index in [-0.39, 0.29) is 0 Å². The Morgan fingerprint density at radius 2 is 1.70 bits per heavy atom. The maximum atomic E-state index is 5.76. The largest absolute Gasteiger partial charge is 0.494 e. The summed E-state index contributed by atoms with van der Waals surface area (Å²) in [6.07, 6.45) is 1.90. The van der Waals surface area contributed by atoms with Gasteiger partial charge >= 0.3 is 0 Å². The summed E-state index contributed by atoms with van der Waals surface area (Å²) in [6.45, 7) is 2.59. The first-order chi connectivity index (χ1) is 14.8. The van der Waals surface area contributed by atoms with Gasteiger partial charge in [-0.05, 0) is 37.3 Å². The summed E-state index contributed by atoms with van der Waals surface area (Å²) in [7, 11) is 1.68. The molecule has 148 valence electrons. The summed E-state index contributed by atoms with van der Waals surface area (Å²) in [5, 5.41) is 6.99. The lowest BCUT2D eigenvalue weighted by Crippen LogP contribution is -2.00. The number of fused-ring (bicyclic) bond motifs is 3. The van der Waals surface area contributed by atoms with Crippen LogP contribution in [0.4, 0.5) is 0 Å². The number of rotatable bonds is 5. The zero-order valence-electron chi connectivity index (χ0n) is 16.9. The third kappa shape index (κ3) is 2.95. The van der Waals surface area contributed by atoms with Crippen LogP contribution in [0.5, 0.6) is 11.5 Å². The molecule has 0 spiro atoms. The van der Waals surface area contributed by atoms with E-state index in [2.05, 4.69) is 12.1 Å². The second-order valence-corrected chi connectivity index (χ2v) is 6.93. The summed E-state index contributed by atoms with van der Waals surface area (Å²) < 4.78 is 13.4. The highest BCUT2D eigenvalue weighted by Crippen LogP contribution is 2.36. The Kier molecular flexibility index (Phi) is 4.56. The Morgan fingerprint density at radius 1 is 0.900 bits per heavy atom. The van der Waals surface area contributed by atoms with E-state index >= 15 is 0 Å². The fourth-order valence-electron chi connectivity index (χ4n) is 3.81. The lowest BCUT2D eigenvalue weighted by atomic mass is 10.1. The molecule has 0 radical (unpaired) electrons. The van der Waals surface area contributed by atoms with Crippen LogP contribution in [0.3, 0.4) is 0 Å². The molecule has 0 fully saturated rings. The van der Waals surface area contributed by atoms with Crippen molar-refractivity contribution in [2.24, 2.45) is 0 Å². The quantitative estimate of drug-likeness (QED) is 0.386. The zero-order valence-corrected chi connectivity index (χ0v) is 16.9. The third-order valence-electron chi connectivity index (χ3n) is 5.15. The van der Waals surface area contributed by atoms with Gasteiger partial charge in [-0.3, -0.25) is 4.98 Å². The van der Waals surface area contributed by atoms with E-state index in [1.54, 1.807) is 7.11 Å². The van der Waals surface area contributed by atoms with E-state index in [1.165, 1.54) is 0 Å². The lowest BCUT2D eigenvalue weighted by Gasteiger charge is -2.11. The Labute approximate surface area is 174 Å². The predicted molar refractivity (Wildman–Crippen MR) is 120 cm³/mol. The molecule has 5 heteroatoms. The average Bonchev–Trinajstić information content (AvgIpc) is 3.20. The van der Waals surface area contributed by atoms with Crippen molar-refractivity contribution in [3.05, 3.63) is 79.0 Å². The minimum absolute atomic E-state index is 0.607. The summed E-state index contributed by atoms with van der Waals surface area (Å²) in [4.78, 5) is 4.71. The van der Waals surface area contributed by atoms with E-state index in [0.717, 1.165) is 50.2 Å². The highest BCUT2D eigenvalue weighted by Gasteiger charge is 2.19. The molecule has 0 unspecified atom stereocenters. The smallest absolute Gasteiger partial charge is 0.144 e. The van der Waals surface area contributed by atoms with Gasteiger partial charge in [0.05, 0.1) is 24.8 Å². The van der Waals surface area contributed by atoms with Crippen molar-refractivity contribution in [3.63, 3.8) is 0 Å². The second-order valence-electron chi connectivity index (χ2n) is 6.93. The van der Waals surface area contributed by atoms with E-state index in [0.29, 0.717) is 6.61 Å². The fourth-order valence-corrected chi connectivity index (χ4v) is 3.81. The minimum Gasteiger partial charge on any atom is -0.494 e. The van der Waals surface area contributed by atoms with E-state index < -0.39 is 0 Å². The molecule has 0 saturated carbocycles. The molecule has 0 amide bonds. The Morgan fingerprint density at radius 3 is 2.50 bits per heavy atom. The molecule has 0 aliphatic rings. The van der Waals surface area contributed by atoms with Crippen LogP contribution in [0.15, 0.2) is 79.0 Å². The number of benzene rings is 3. The number of hydrogen-bond acceptors (Lipinski definition) is 4. The number of aromatic nitrogens is 3. The van der Waals surface area contributed by atoms with Crippen LogP contribution in [0.2, 0.25) is 0 Å². The first-order valence-electron chi connectivity index (χ1n) is 9.93. The molecule has 5 nitrogen and oxygen atoms in total. The minimum atomic E-state index is 0.607. The van der Waals surface area contributed by atoms with E-state index in [9.17, 15) is 0 Å². The van der Waals surface area contributed by atoms with Crippen LogP contribution in [0.1, 0.15) is 6.92 Å². The topological polar surface area (TPSA) is 49.2 Å². The first-order valence-corrected chi connectivity index (χ1v) is 9.93. The number of methoxy groups -OCH3 is 1. The number of pyridine rings is 1. The monoisotopic (exact) mass is 395 g/mol. The molecule has 0 atom stereocenters. The summed E-state index contributed by atoms with van der Waals surface area (Å²) in [5.74, 6) is 1.57. The van der Waals surface area contributed by atoms with Crippen molar-refractivity contribution in [1.82, 2.24) is 14.8 Å². The highest BCUT2D eigenvalue weighted by atomic mass is 16.5. The van der Waals surface area contributed by atoms with Gasteiger partial charge < -0.3 is 9.47 Å². The van der Waals surface area contributed by atoms with Gasteiger partial charge in [-0.2, -0.15) is 5.10 Å². The van der Waals surface area contributed by atoms with Crippen molar-refractivity contribution >= 4 is 21.8 Å². The zero-order chi connectivity index (χ0) is 20.5. The summed E-state index contributed by atoms with van der Waals surface area (Å²) in [6, 6.07) is 24.1. The summed E-state index contributed by atoms with van der Waals surface area (Å²) >= 11 is 0. The van der Waals surface area contributed by atoms with Crippen LogP contribution >= 0.6 is 0 Å². The van der Waals surface area contributed by atoms with Crippen LogP contribution in [0, 0.1) is 0 Å². The average molecular weight is 395 g/mol. The number of nitrogens with zero attached hydrogens (tertiary/aromatic N) is 3. The van der Waals surface area contributed by atoms with Crippen LogP contribution in [0.25, 0.3) is 38.8 Å². The molecule has 0 aliphatic heterocycles. The van der Waals surface area contributed by atoms with Gasteiger partial charge in [0.1, 0.15) is 22.9 Å². The van der Waals surface area contributed by atoms with Gasteiger partial charge in [-0.1, -0.05) is 42.5 Å². The van der Waals surface area contributed by atoms with Crippen molar-refractivity contribution in [2.45, 2.75) is 6.92 Å². The predicted octanol–water partition coefficient (Wildman–Crippen LogP) is 5.65. The molecule has 0 bridgehead atoms. The van der Waals surface area contributed by atoms with Gasteiger partial charge in [0, 0.05) is 22.5 Å². The highest BCUT2D eigenvalue weighted by molar-refractivity contribution is 6.09. The molecule has 0 N–H and O–H groups in total. The van der Waals surface area contributed by atoms with Crippen molar-refractivity contribution < 1.29 is 9.47 Å². The van der Waals surface area contributed by atoms with Crippen LogP contribution < -0.4 is 9.47 Å². The van der Waals surface area contributed by atoms with Gasteiger partial charge in [-0.15, -0.1) is 0 Å². The molecule has 0 saturated heterocycles. The Balaban J connectivity index is 1.90. The molecule has 2 heterocycles. The van der Waals surface area contributed by atoms with Gasteiger partial charge in [0.25, 0.3) is 0 Å². The molecule has 30 heavy (non-hydrogen) atoms. The Hall–Kier alpha value is -3.86. The van der Waals surface area contributed by atoms with Gasteiger partial charge in [0.2, 0.25) is 0 Å². The fraction of sp³-hybridized carbons (Fsp3) is 0.120. The maximum absolute atomic E-state index is 5.76. The van der Waals surface area contributed by atoms with Crippen LogP contribution in [-0.2, 0) is 0 Å². The SMILES string of the molecule is CCOc1ccc2ncc3c(-c4ccccc4)nn(-c4ccccc4OC)c3c2c1. The molecule has 5 aromatic rings. The van der Waals surface area contributed by atoms with Crippen molar-refractivity contribution in [3.8, 4) is 28.4 Å². The van der Waals surface area contributed by atoms with Crippen molar-refractivity contribution in [2.75, 3.05) is 13.7 Å². The van der Waals surface area contributed by atoms with Crippen molar-refractivity contribution in [1.29, 1.82) is 0 Å². The van der Waals surface area contributed by atoms with Gasteiger partial charge in [0.15, 0.2) is 0 Å². The Bertz CT molecular complexity index is 1340.